The van der Waals surface area contributed by atoms with Crippen molar-refractivity contribution in [2.45, 2.75) is 27.2 Å². The molecule has 0 spiro atoms. The second-order valence-electron chi connectivity index (χ2n) is 6.16. The van der Waals surface area contributed by atoms with Crippen molar-refractivity contribution < 1.29 is 5.11 Å². The maximum Gasteiger partial charge on any atom is 0.129 e. The summed E-state index contributed by atoms with van der Waals surface area (Å²) < 4.78 is 1.60. The third kappa shape index (κ3) is 2.89. The number of aryl methyl sites for hydroxylation is 1. The zero-order valence-corrected chi connectivity index (χ0v) is 11.9. The fourth-order valence-corrected chi connectivity index (χ4v) is 2.18. The average Bonchev–Trinajstić information content (AvgIpc) is 2.61. The first-order valence-corrected chi connectivity index (χ1v) is 6.38. The highest BCUT2D eigenvalue weighted by Gasteiger charge is 2.15. The zero-order chi connectivity index (χ0) is 14.2. The van der Waals surface area contributed by atoms with Gasteiger partial charge < -0.3 is 10.8 Å². The molecule has 0 amide bonds. The molecule has 2 rings (SSSR count). The normalized spacial score (nSPS) is 11.8. The molecule has 0 atom stereocenters. The highest BCUT2D eigenvalue weighted by atomic mass is 16.3. The summed E-state index contributed by atoms with van der Waals surface area (Å²) in [6.07, 6.45) is 2.63. The molecule has 0 saturated heterocycles. The standard InChI is InChI=1S/C15H21N3O/c1-15(2,3)8-10-5-6-13(19)11(7-10)12-9-17-18(4)14(12)16/h5-7,9,19H,8,16H2,1-4H3. The number of anilines is 1. The van der Waals surface area contributed by atoms with Gasteiger partial charge in [0.1, 0.15) is 11.6 Å². The van der Waals surface area contributed by atoms with Gasteiger partial charge in [-0.15, -0.1) is 0 Å². The molecular weight excluding hydrogens is 238 g/mol. The summed E-state index contributed by atoms with van der Waals surface area (Å²) in [6, 6.07) is 5.67. The summed E-state index contributed by atoms with van der Waals surface area (Å²) in [5.41, 5.74) is 8.87. The summed E-state index contributed by atoms with van der Waals surface area (Å²) in [5, 5.41) is 14.1. The van der Waals surface area contributed by atoms with Crippen LogP contribution >= 0.6 is 0 Å². The number of phenolic OH excluding ortho intramolecular Hbond substituents is 1. The van der Waals surface area contributed by atoms with Crippen LogP contribution in [0.1, 0.15) is 26.3 Å². The van der Waals surface area contributed by atoms with Crippen molar-refractivity contribution in [3.05, 3.63) is 30.0 Å². The third-order valence-electron chi connectivity index (χ3n) is 3.07. The molecule has 0 aliphatic carbocycles. The molecule has 1 heterocycles. The monoisotopic (exact) mass is 259 g/mol. The summed E-state index contributed by atoms with van der Waals surface area (Å²) in [4.78, 5) is 0. The van der Waals surface area contributed by atoms with Crippen LogP contribution in [0.4, 0.5) is 5.82 Å². The van der Waals surface area contributed by atoms with E-state index in [1.807, 2.05) is 12.1 Å². The van der Waals surface area contributed by atoms with E-state index >= 15 is 0 Å². The number of nitrogens with zero attached hydrogens (tertiary/aromatic N) is 2. The van der Waals surface area contributed by atoms with Crippen LogP contribution in [-0.2, 0) is 13.5 Å². The van der Waals surface area contributed by atoms with Crippen molar-refractivity contribution in [2.75, 3.05) is 5.73 Å². The molecule has 0 fully saturated rings. The number of aromatic nitrogens is 2. The lowest BCUT2D eigenvalue weighted by Gasteiger charge is -2.18. The van der Waals surface area contributed by atoms with Gasteiger partial charge in [0.25, 0.3) is 0 Å². The minimum Gasteiger partial charge on any atom is -0.507 e. The number of hydrogen-bond acceptors (Lipinski definition) is 3. The minimum absolute atomic E-state index is 0.203. The molecule has 3 N–H and O–H groups in total. The van der Waals surface area contributed by atoms with Gasteiger partial charge in [0.05, 0.1) is 6.20 Å². The Hall–Kier alpha value is -1.97. The molecule has 2 aromatic rings. The van der Waals surface area contributed by atoms with E-state index in [4.69, 9.17) is 5.73 Å². The van der Waals surface area contributed by atoms with Gasteiger partial charge >= 0.3 is 0 Å². The molecule has 0 bridgehead atoms. The number of rotatable bonds is 2. The SMILES string of the molecule is Cn1ncc(-c2cc(CC(C)(C)C)ccc2O)c1N. The van der Waals surface area contributed by atoms with Crippen molar-refractivity contribution in [3.8, 4) is 16.9 Å². The third-order valence-corrected chi connectivity index (χ3v) is 3.07. The van der Waals surface area contributed by atoms with Gasteiger partial charge in [-0.1, -0.05) is 26.8 Å². The summed E-state index contributed by atoms with van der Waals surface area (Å²) in [7, 11) is 1.79. The molecule has 0 unspecified atom stereocenters. The molecule has 1 aromatic carbocycles. The van der Waals surface area contributed by atoms with E-state index in [1.54, 1.807) is 24.0 Å². The van der Waals surface area contributed by atoms with E-state index in [9.17, 15) is 5.11 Å². The van der Waals surface area contributed by atoms with Crippen LogP contribution in [0, 0.1) is 5.41 Å². The number of aromatic hydroxyl groups is 1. The second kappa shape index (κ2) is 4.61. The average molecular weight is 259 g/mol. The highest BCUT2D eigenvalue weighted by Crippen LogP contribution is 2.34. The number of nitrogen functional groups attached to an aromatic ring is 1. The molecule has 19 heavy (non-hydrogen) atoms. The Kier molecular flexibility index (Phi) is 3.27. The van der Waals surface area contributed by atoms with Gasteiger partial charge in [0.15, 0.2) is 0 Å². The number of benzene rings is 1. The Balaban J connectivity index is 2.46. The maximum atomic E-state index is 10.0. The minimum atomic E-state index is 0.203. The zero-order valence-electron chi connectivity index (χ0n) is 11.9. The van der Waals surface area contributed by atoms with Crippen LogP contribution < -0.4 is 5.73 Å². The number of hydrogen-bond donors (Lipinski definition) is 2. The molecule has 4 nitrogen and oxygen atoms in total. The van der Waals surface area contributed by atoms with Crippen LogP contribution in [0.3, 0.4) is 0 Å². The first kappa shape index (κ1) is 13.5. The van der Waals surface area contributed by atoms with Gasteiger partial charge in [0.2, 0.25) is 0 Å². The van der Waals surface area contributed by atoms with Crippen LogP contribution in [-0.4, -0.2) is 14.9 Å². The van der Waals surface area contributed by atoms with Crippen molar-refractivity contribution in [1.82, 2.24) is 9.78 Å². The quantitative estimate of drug-likeness (QED) is 0.871. The Labute approximate surface area is 113 Å². The lowest BCUT2D eigenvalue weighted by atomic mass is 9.87. The van der Waals surface area contributed by atoms with E-state index in [0.717, 1.165) is 17.5 Å². The second-order valence-corrected chi connectivity index (χ2v) is 6.16. The summed E-state index contributed by atoms with van der Waals surface area (Å²) in [5.74, 6) is 0.792. The topological polar surface area (TPSA) is 64.1 Å². The molecule has 1 aromatic heterocycles. The van der Waals surface area contributed by atoms with E-state index in [-0.39, 0.29) is 11.2 Å². The fraction of sp³-hybridized carbons (Fsp3) is 0.400. The van der Waals surface area contributed by atoms with E-state index < -0.39 is 0 Å². The van der Waals surface area contributed by atoms with Crippen molar-refractivity contribution in [2.24, 2.45) is 12.5 Å². The van der Waals surface area contributed by atoms with Crippen LogP contribution in [0.5, 0.6) is 5.75 Å². The van der Waals surface area contributed by atoms with Gasteiger partial charge in [-0.3, -0.25) is 4.68 Å². The molecule has 0 aliphatic rings. The first-order valence-electron chi connectivity index (χ1n) is 6.38. The van der Waals surface area contributed by atoms with E-state index in [2.05, 4.69) is 25.9 Å². The van der Waals surface area contributed by atoms with Crippen LogP contribution in [0.25, 0.3) is 11.1 Å². The maximum absolute atomic E-state index is 10.0. The Morgan fingerprint density at radius 3 is 2.47 bits per heavy atom. The molecular formula is C15H21N3O. The Morgan fingerprint density at radius 1 is 1.26 bits per heavy atom. The lowest BCUT2D eigenvalue weighted by molar-refractivity contribution is 0.410. The number of phenols is 1. The molecule has 4 heteroatoms. The molecule has 0 aliphatic heterocycles. The van der Waals surface area contributed by atoms with Gasteiger partial charge in [-0.25, -0.2) is 0 Å². The Bertz CT molecular complexity index is 594. The van der Waals surface area contributed by atoms with Crippen LogP contribution in [0.2, 0.25) is 0 Å². The predicted molar refractivity (Wildman–Crippen MR) is 77.9 cm³/mol. The number of nitrogens with two attached hydrogens (primary N) is 1. The predicted octanol–water partition coefficient (Wildman–Crippen LogP) is 2.96. The smallest absolute Gasteiger partial charge is 0.129 e. The summed E-state index contributed by atoms with van der Waals surface area (Å²) >= 11 is 0. The van der Waals surface area contributed by atoms with Crippen molar-refractivity contribution in [1.29, 1.82) is 0 Å². The van der Waals surface area contributed by atoms with Gasteiger partial charge in [-0.2, -0.15) is 5.10 Å². The highest BCUT2D eigenvalue weighted by molar-refractivity contribution is 5.78. The fourth-order valence-electron chi connectivity index (χ4n) is 2.18. The Morgan fingerprint density at radius 2 is 1.95 bits per heavy atom. The largest absolute Gasteiger partial charge is 0.507 e. The molecule has 102 valence electrons. The first-order chi connectivity index (χ1) is 8.78. The molecule has 0 saturated carbocycles. The van der Waals surface area contributed by atoms with E-state index in [0.29, 0.717) is 5.82 Å². The van der Waals surface area contributed by atoms with Gasteiger partial charge in [0, 0.05) is 18.2 Å². The van der Waals surface area contributed by atoms with Crippen LogP contribution in [0.15, 0.2) is 24.4 Å². The van der Waals surface area contributed by atoms with Gasteiger partial charge in [-0.05, 0) is 29.5 Å². The summed E-state index contributed by atoms with van der Waals surface area (Å²) in [6.45, 7) is 6.58. The lowest BCUT2D eigenvalue weighted by Crippen LogP contribution is -2.09. The molecule has 0 radical (unpaired) electrons. The van der Waals surface area contributed by atoms with E-state index in [1.165, 1.54) is 5.56 Å². The van der Waals surface area contributed by atoms with Crippen molar-refractivity contribution in [3.63, 3.8) is 0 Å². The van der Waals surface area contributed by atoms with Crippen molar-refractivity contribution >= 4 is 5.82 Å².